The van der Waals surface area contributed by atoms with Crippen molar-refractivity contribution >= 4 is 11.0 Å². The number of allylic oxidation sites excluding steroid dienone is 1. The third kappa shape index (κ3) is 3.28. The zero-order valence-electron chi connectivity index (χ0n) is 14.6. The number of hydrogen-bond donors (Lipinski definition) is 3. The lowest BCUT2D eigenvalue weighted by molar-refractivity contribution is 0.435. The molecule has 3 aromatic rings. The van der Waals surface area contributed by atoms with E-state index in [1.807, 2.05) is 19.9 Å². The minimum absolute atomic E-state index is 0.0517. The maximum atomic E-state index is 12.3. The van der Waals surface area contributed by atoms with Crippen LogP contribution in [0, 0.1) is 5.41 Å². The Morgan fingerprint density at radius 2 is 1.77 bits per heavy atom. The molecule has 2 aromatic carbocycles. The quantitative estimate of drug-likeness (QED) is 0.480. The Bertz CT molecular complexity index is 1060. The van der Waals surface area contributed by atoms with Crippen LogP contribution in [-0.4, -0.2) is 15.3 Å². The van der Waals surface area contributed by atoms with Crippen LogP contribution in [0.3, 0.4) is 0 Å². The Labute approximate surface area is 150 Å². The van der Waals surface area contributed by atoms with Crippen LogP contribution >= 0.6 is 0 Å². The molecule has 134 valence electrons. The van der Waals surface area contributed by atoms with Crippen molar-refractivity contribution in [2.45, 2.75) is 20.3 Å². The predicted octanol–water partition coefficient (Wildman–Crippen LogP) is 4.33. The summed E-state index contributed by atoms with van der Waals surface area (Å²) >= 11 is 0. The van der Waals surface area contributed by atoms with Gasteiger partial charge in [0.25, 0.3) is 0 Å². The molecule has 1 heterocycles. The number of aromatic hydroxyl groups is 3. The molecule has 0 aliphatic heterocycles. The highest BCUT2D eigenvalue weighted by molar-refractivity contribution is 5.85. The predicted molar refractivity (Wildman–Crippen MR) is 101 cm³/mol. The maximum Gasteiger partial charge on any atom is 0.344 e. The second-order valence-electron chi connectivity index (χ2n) is 7.04. The van der Waals surface area contributed by atoms with Crippen molar-refractivity contribution in [1.82, 2.24) is 0 Å². The van der Waals surface area contributed by atoms with Gasteiger partial charge in [-0.25, -0.2) is 4.79 Å². The van der Waals surface area contributed by atoms with Gasteiger partial charge in [0.15, 0.2) is 0 Å². The SMILES string of the molecule is C=CC(C)(C)Cc1cc2cc(-c3ccc(O)cc3O)c(=O)oc2cc1O. The standard InChI is InChI=1S/C21H20O5/c1-4-21(2,3)11-13-7-12-8-16(15-6-5-14(22)9-18(15)24)20(25)26-19(12)10-17(13)23/h4-10,22-24H,1,11H2,2-3H3. The van der Waals surface area contributed by atoms with Gasteiger partial charge in [-0.3, -0.25) is 0 Å². The third-order valence-electron chi connectivity index (χ3n) is 4.40. The smallest absolute Gasteiger partial charge is 0.344 e. The number of benzene rings is 2. The Hall–Kier alpha value is -3.21. The summed E-state index contributed by atoms with van der Waals surface area (Å²) in [6.45, 7) is 7.83. The molecule has 0 amide bonds. The number of phenols is 3. The van der Waals surface area contributed by atoms with E-state index in [4.69, 9.17) is 4.42 Å². The molecule has 26 heavy (non-hydrogen) atoms. The molecule has 0 fully saturated rings. The van der Waals surface area contributed by atoms with Crippen LogP contribution in [0.2, 0.25) is 0 Å². The van der Waals surface area contributed by atoms with Crippen LogP contribution < -0.4 is 5.63 Å². The number of phenolic OH excluding ortho intramolecular Hbond substituents is 3. The fraction of sp³-hybridized carbons (Fsp3) is 0.190. The van der Waals surface area contributed by atoms with Crippen LogP contribution in [0.4, 0.5) is 0 Å². The minimum Gasteiger partial charge on any atom is -0.508 e. The maximum absolute atomic E-state index is 12.3. The molecule has 0 aliphatic carbocycles. The topological polar surface area (TPSA) is 90.9 Å². The molecule has 0 saturated carbocycles. The van der Waals surface area contributed by atoms with E-state index in [-0.39, 0.29) is 39.4 Å². The van der Waals surface area contributed by atoms with E-state index in [2.05, 4.69) is 6.58 Å². The lowest BCUT2D eigenvalue weighted by Gasteiger charge is -2.20. The number of hydrogen-bond acceptors (Lipinski definition) is 5. The van der Waals surface area contributed by atoms with E-state index in [0.717, 1.165) is 6.07 Å². The molecule has 0 atom stereocenters. The summed E-state index contributed by atoms with van der Waals surface area (Å²) in [6.07, 6.45) is 2.39. The van der Waals surface area contributed by atoms with Gasteiger partial charge in [0.2, 0.25) is 0 Å². The van der Waals surface area contributed by atoms with Crippen LogP contribution in [0.25, 0.3) is 22.1 Å². The zero-order valence-corrected chi connectivity index (χ0v) is 14.6. The Morgan fingerprint density at radius 1 is 1.04 bits per heavy atom. The summed E-state index contributed by atoms with van der Waals surface area (Å²) in [4.78, 5) is 12.3. The fourth-order valence-corrected chi connectivity index (χ4v) is 2.84. The van der Waals surface area contributed by atoms with E-state index < -0.39 is 5.63 Å². The first-order chi connectivity index (χ1) is 12.2. The van der Waals surface area contributed by atoms with Crippen molar-refractivity contribution in [3.63, 3.8) is 0 Å². The molecule has 3 rings (SSSR count). The first-order valence-corrected chi connectivity index (χ1v) is 8.16. The van der Waals surface area contributed by atoms with Gasteiger partial charge in [0.1, 0.15) is 22.8 Å². The van der Waals surface area contributed by atoms with Crippen molar-refractivity contribution in [2.75, 3.05) is 0 Å². The monoisotopic (exact) mass is 352 g/mol. The highest BCUT2D eigenvalue weighted by Crippen LogP contribution is 2.34. The van der Waals surface area contributed by atoms with Crippen molar-refractivity contribution in [3.8, 4) is 28.4 Å². The molecule has 0 aliphatic rings. The molecule has 5 nitrogen and oxygen atoms in total. The lowest BCUT2D eigenvalue weighted by atomic mass is 9.85. The second kappa shape index (κ2) is 6.26. The second-order valence-corrected chi connectivity index (χ2v) is 7.04. The number of rotatable bonds is 4. The van der Waals surface area contributed by atoms with Crippen molar-refractivity contribution in [2.24, 2.45) is 5.41 Å². The summed E-state index contributed by atoms with van der Waals surface area (Å²) in [5, 5.41) is 30.3. The molecular weight excluding hydrogens is 332 g/mol. The highest BCUT2D eigenvalue weighted by atomic mass is 16.4. The van der Waals surface area contributed by atoms with E-state index in [9.17, 15) is 20.1 Å². The van der Waals surface area contributed by atoms with Crippen molar-refractivity contribution in [3.05, 3.63) is 65.0 Å². The molecule has 0 saturated heterocycles. The molecular formula is C21H20O5. The normalized spacial score (nSPS) is 11.6. The van der Waals surface area contributed by atoms with Crippen LogP contribution in [0.1, 0.15) is 19.4 Å². The van der Waals surface area contributed by atoms with Crippen molar-refractivity contribution < 1.29 is 19.7 Å². The molecule has 1 aromatic heterocycles. The van der Waals surface area contributed by atoms with Gasteiger partial charge in [0, 0.05) is 23.1 Å². The summed E-state index contributed by atoms with van der Waals surface area (Å²) in [6, 6.07) is 8.79. The van der Waals surface area contributed by atoms with Crippen molar-refractivity contribution in [1.29, 1.82) is 0 Å². The third-order valence-corrected chi connectivity index (χ3v) is 4.40. The summed E-state index contributed by atoms with van der Waals surface area (Å²) in [7, 11) is 0. The van der Waals surface area contributed by atoms with Gasteiger partial charge in [-0.1, -0.05) is 19.9 Å². The van der Waals surface area contributed by atoms with Gasteiger partial charge in [-0.15, -0.1) is 6.58 Å². The number of fused-ring (bicyclic) bond motifs is 1. The van der Waals surface area contributed by atoms with Gasteiger partial charge in [0.05, 0.1) is 5.56 Å². The lowest BCUT2D eigenvalue weighted by Crippen LogP contribution is -2.11. The zero-order chi connectivity index (χ0) is 19.1. The molecule has 0 spiro atoms. The first kappa shape index (κ1) is 17.6. The molecule has 0 radical (unpaired) electrons. The van der Waals surface area contributed by atoms with Crippen LogP contribution in [0.5, 0.6) is 17.2 Å². The van der Waals surface area contributed by atoms with Crippen LogP contribution in [-0.2, 0) is 6.42 Å². The van der Waals surface area contributed by atoms with Gasteiger partial charge in [-0.2, -0.15) is 0 Å². The summed E-state index contributed by atoms with van der Waals surface area (Å²) < 4.78 is 5.32. The molecule has 3 N–H and O–H groups in total. The Kier molecular flexibility index (Phi) is 4.24. The molecule has 5 heteroatoms. The summed E-state index contributed by atoms with van der Waals surface area (Å²) in [5.41, 5.74) is 0.553. The highest BCUT2D eigenvalue weighted by Gasteiger charge is 2.18. The fourth-order valence-electron chi connectivity index (χ4n) is 2.84. The van der Waals surface area contributed by atoms with Gasteiger partial charge in [-0.05, 0) is 41.7 Å². The van der Waals surface area contributed by atoms with E-state index in [1.165, 1.54) is 18.2 Å². The Morgan fingerprint density at radius 3 is 2.42 bits per heavy atom. The van der Waals surface area contributed by atoms with Gasteiger partial charge >= 0.3 is 5.63 Å². The largest absolute Gasteiger partial charge is 0.508 e. The average Bonchev–Trinajstić information content (AvgIpc) is 2.56. The van der Waals surface area contributed by atoms with E-state index in [0.29, 0.717) is 17.4 Å². The van der Waals surface area contributed by atoms with Gasteiger partial charge < -0.3 is 19.7 Å². The molecule has 0 bridgehead atoms. The molecule has 0 unspecified atom stereocenters. The average molecular weight is 352 g/mol. The Balaban J connectivity index is 2.18. The van der Waals surface area contributed by atoms with E-state index in [1.54, 1.807) is 12.1 Å². The van der Waals surface area contributed by atoms with E-state index >= 15 is 0 Å². The minimum atomic E-state index is -0.642. The summed E-state index contributed by atoms with van der Waals surface area (Å²) in [5.74, 6) is -0.269. The van der Waals surface area contributed by atoms with Crippen LogP contribution in [0.15, 0.2) is 58.3 Å². The first-order valence-electron chi connectivity index (χ1n) is 8.16.